The van der Waals surface area contributed by atoms with Gasteiger partial charge in [0.2, 0.25) is 11.9 Å². The number of carbonyl (C=O) groups excluding carboxylic acids is 2. The van der Waals surface area contributed by atoms with E-state index in [1.165, 1.54) is 0 Å². The third-order valence-corrected chi connectivity index (χ3v) is 6.36. The second kappa shape index (κ2) is 11.0. The summed E-state index contributed by atoms with van der Waals surface area (Å²) in [6.45, 7) is 3.72. The van der Waals surface area contributed by atoms with Crippen LogP contribution in [0, 0.1) is 18.6 Å². The number of anilines is 1. The van der Waals surface area contributed by atoms with Crippen molar-refractivity contribution in [3.63, 3.8) is 0 Å². The smallest absolute Gasteiger partial charge is 0.261 e. The fourth-order valence-corrected chi connectivity index (χ4v) is 4.61. The van der Waals surface area contributed by atoms with Crippen LogP contribution in [-0.4, -0.2) is 64.9 Å². The highest BCUT2D eigenvalue weighted by molar-refractivity contribution is 6.04. The summed E-state index contributed by atoms with van der Waals surface area (Å²) in [5.74, 6) is -2.11. The SMILES string of the molecule is Cc1cccc2nc(NC(=O)c3cc(F)ccc3F)n(C3CCCCN(C(=O)/C=C/CN(C)C)C3)c12. The number of hydrogen-bond donors (Lipinski definition) is 1. The van der Waals surface area contributed by atoms with Crippen LogP contribution in [0.15, 0.2) is 48.6 Å². The van der Waals surface area contributed by atoms with E-state index in [1.807, 2.05) is 59.7 Å². The summed E-state index contributed by atoms with van der Waals surface area (Å²) in [6.07, 6.45) is 5.99. The van der Waals surface area contributed by atoms with E-state index in [0.29, 0.717) is 25.2 Å². The monoisotopic (exact) mass is 495 g/mol. The fourth-order valence-electron chi connectivity index (χ4n) is 4.61. The first-order valence-electron chi connectivity index (χ1n) is 12.1. The number of hydrogen-bond acceptors (Lipinski definition) is 4. The van der Waals surface area contributed by atoms with Gasteiger partial charge in [0.05, 0.1) is 22.6 Å². The zero-order valence-electron chi connectivity index (χ0n) is 20.8. The van der Waals surface area contributed by atoms with Gasteiger partial charge in [-0.15, -0.1) is 0 Å². The number of imidazole rings is 1. The van der Waals surface area contributed by atoms with Crippen LogP contribution in [-0.2, 0) is 4.79 Å². The quantitative estimate of drug-likeness (QED) is 0.510. The number of aryl methyl sites for hydroxylation is 1. The molecule has 0 saturated carbocycles. The third kappa shape index (κ3) is 5.62. The first-order valence-corrected chi connectivity index (χ1v) is 12.1. The molecule has 1 atom stereocenters. The van der Waals surface area contributed by atoms with Crippen LogP contribution in [0.5, 0.6) is 0 Å². The number of nitrogens with one attached hydrogen (secondary N) is 1. The summed E-state index contributed by atoms with van der Waals surface area (Å²) >= 11 is 0. The van der Waals surface area contributed by atoms with Gasteiger partial charge in [-0.25, -0.2) is 13.8 Å². The van der Waals surface area contributed by atoms with Crippen LogP contribution in [0.2, 0.25) is 0 Å². The van der Waals surface area contributed by atoms with Crippen LogP contribution in [0.25, 0.3) is 11.0 Å². The predicted octanol–water partition coefficient (Wildman–Crippen LogP) is 4.55. The predicted molar refractivity (Wildman–Crippen MR) is 136 cm³/mol. The molecule has 4 rings (SSSR count). The number of amides is 2. The van der Waals surface area contributed by atoms with Crippen LogP contribution in [0.4, 0.5) is 14.7 Å². The number of nitrogens with zero attached hydrogens (tertiary/aromatic N) is 4. The Morgan fingerprint density at radius 1 is 1.19 bits per heavy atom. The Morgan fingerprint density at radius 3 is 2.78 bits per heavy atom. The van der Waals surface area contributed by atoms with E-state index in [1.54, 1.807) is 6.08 Å². The van der Waals surface area contributed by atoms with E-state index in [4.69, 9.17) is 0 Å². The zero-order valence-corrected chi connectivity index (χ0v) is 20.8. The van der Waals surface area contributed by atoms with Gasteiger partial charge in [0.15, 0.2) is 0 Å². The summed E-state index contributed by atoms with van der Waals surface area (Å²) in [7, 11) is 3.88. The minimum Gasteiger partial charge on any atom is -0.337 e. The van der Waals surface area contributed by atoms with Crippen molar-refractivity contribution >= 4 is 28.8 Å². The van der Waals surface area contributed by atoms with Crippen molar-refractivity contribution in [2.75, 3.05) is 39.0 Å². The lowest BCUT2D eigenvalue weighted by molar-refractivity contribution is -0.126. The standard InChI is InChI=1S/C27H31F2N5O2/c1-18-8-6-10-23-25(18)34(27(30-23)31-26(36)21-16-19(28)12-13-22(21)29)20-9-4-5-15-33(17-20)24(35)11-7-14-32(2)3/h6-8,10-13,16,20H,4-5,9,14-15,17H2,1-3H3,(H,30,31,36)/b11-7+. The number of aromatic nitrogens is 2. The Morgan fingerprint density at radius 2 is 2.00 bits per heavy atom. The van der Waals surface area contributed by atoms with Crippen LogP contribution in [0.3, 0.4) is 0 Å². The van der Waals surface area contributed by atoms with Crippen molar-refractivity contribution in [1.82, 2.24) is 19.4 Å². The molecule has 9 heteroatoms. The molecule has 2 aromatic carbocycles. The van der Waals surface area contributed by atoms with Gasteiger partial charge in [0.1, 0.15) is 11.6 Å². The Labute approximate surface area is 209 Å². The number of para-hydroxylation sites is 1. The van der Waals surface area contributed by atoms with E-state index in [2.05, 4.69) is 10.3 Å². The molecular formula is C27H31F2N5O2. The van der Waals surface area contributed by atoms with Gasteiger partial charge in [0.25, 0.3) is 5.91 Å². The van der Waals surface area contributed by atoms with Gasteiger partial charge >= 0.3 is 0 Å². The third-order valence-electron chi connectivity index (χ3n) is 6.36. The molecule has 7 nitrogen and oxygen atoms in total. The number of halogens is 2. The molecule has 0 bridgehead atoms. The maximum Gasteiger partial charge on any atom is 0.261 e. The highest BCUT2D eigenvalue weighted by atomic mass is 19.1. The van der Waals surface area contributed by atoms with Crippen molar-refractivity contribution in [1.29, 1.82) is 0 Å². The number of carbonyl (C=O) groups is 2. The van der Waals surface area contributed by atoms with Gasteiger partial charge in [-0.2, -0.15) is 0 Å². The number of likely N-dealkylation sites (N-methyl/N-ethyl adjacent to an activating group) is 1. The number of benzene rings is 2. The van der Waals surface area contributed by atoms with Gasteiger partial charge in [-0.05, 0) is 70.1 Å². The second-order valence-corrected chi connectivity index (χ2v) is 9.42. The molecule has 0 spiro atoms. The molecule has 3 aromatic rings. The molecular weight excluding hydrogens is 464 g/mol. The maximum absolute atomic E-state index is 14.3. The van der Waals surface area contributed by atoms with Crippen molar-refractivity contribution in [3.05, 3.63) is 71.3 Å². The average molecular weight is 496 g/mol. The maximum atomic E-state index is 14.3. The first kappa shape index (κ1) is 25.5. The minimum atomic E-state index is -0.816. The number of fused-ring (bicyclic) bond motifs is 1. The summed E-state index contributed by atoms with van der Waals surface area (Å²) < 4.78 is 29.9. The average Bonchev–Trinajstić information content (AvgIpc) is 3.02. The lowest BCUT2D eigenvalue weighted by atomic mass is 10.1. The fraction of sp³-hybridized carbons (Fsp3) is 0.370. The second-order valence-electron chi connectivity index (χ2n) is 9.42. The van der Waals surface area contributed by atoms with Crippen molar-refractivity contribution in [3.8, 4) is 0 Å². The van der Waals surface area contributed by atoms with Crippen molar-refractivity contribution < 1.29 is 18.4 Å². The molecule has 1 unspecified atom stereocenters. The molecule has 1 fully saturated rings. The largest absolute Gasteiger partial charge is 0.337 e. The lowest BCUT2D eigenvalue weighted by Crippen LogP contribution is -2.35. The van der Waals surface area contributed by atoms with Crippen LogP contribution < -0.4 is 5.32 Å². The lowest BCUT2D eigenvalue weighted by Gasteiger charge is -2.26. The van der Waals surface area contributed by atoms with Gasteiger partial charge in [-0.1, -0.05) is 18.2 Å². The van der Waals surface area contributed by atoms with Crippen molar-refractivity contribution in [2.24, 2.45) is 0 Å². The van der Waals surface area contributed by atoms with Crippen molar-refractivity contribution in [2.45, 2.75) is 32.2 Å². The molecule has 190 valence electrons. The molecule has 0 radical (unpaired) electrons. The normalized spacial score (nSPS) is 16.6. The van der Waals surface area contributed by atoms with E-state index in [9.17, 15) is 18.4 Å². The highest BCUT2D eigenvalue weighted by Gasteiger charge is 2.27. The molecule has 1 aliphatic heterocycles. The molecule has 36 heavy (non-hydrogen) atoms. The number of likely N-dealkylation sites (tertiary alicyclic amines) is 1. The Hall–Kier alpha value is -3.59. The molecule has 1 aromatic heterocycles. The Bertz CT molecular complexity index is 1300. The summed E-state index contributed by atoms with van der Waals surface area (Å²) in [6, 6.07) is 8.30. The molecule has 1 N–H and O–H groups in total. The molecule has 1 saturated heterocycles. The Kier molecular flexibility index (Phi) is 7.79. The molecule has 0 aliphatic carbocycles. The first-order chi connectivity index (χ1) is 17.2. The Balaban J connectivity index is 1.69. The van der Waals surface area contributed by atoms with Crippen LogP contribution >= 0.6 is 0 Å². The summed E-state index contributed by atoms with van der Waals surface area (Å²) in [4.78, 5) is 34.3. The highest BCUT2D eigenvalue weighted by Crippen LogP contribution is 2.32. The zero-order chi connectivity index (χ0) is 25.8. The minimum absolute atomic E-state index is 0.0580. The summed E-state index contributed by atoms with van der Waals surface area (Å²) in [5, 5.41) is 2.70. The molecule has 2 heterocycles. The topological polar surface area (TPSA) is 70.5 Å². The van der Waals surface area contributed by atoms with E-state index >= 15 is 0 Å². The molecule has 1 aliphatic rings. The van der Waals surface area contributed by atoms with Gasteiger partial charge in [0, 0.05) is 25.7 Å². The summed E-state index contributed by atoms with van der Waals surface area (Å²) in [5.41, 5.74) is 2.09. The van der Waals surface area contributed by atoms with E-state index in [0.717, 1.165) is 48.5 Å². The van der Waals surface area contributed by atoms with Crippen LogP contribution in [0.1, 0.15) is 41.2 Å². The number of rotatable bonds is 6. The van der Waals surface area contributed by atoms with E-state index < -0.39 is 23.1 Å². The van der Waals surface area contributed by atoms with Gasteiger partial charge in [-0.3, -0.25) is 14.9 Å². The van der Waals surface area contributed by atoms with E-state index in [-0.39, 0.29) is 17.9 Å². The molecule has 2 amide bonds. The van der Waals surface area contributed by atoms with Gasteiger partial charge < -0.3 is 14.4 Å².